The lowest BCUT2D eigenvalue weighted by atomic mass is 9.93. The Bertz CT molecular complexity index is 1410. The molecule has 2 N–H and O–H groups in total. The van der Waals surface area contributed by atoms with Crippen LogP contribution in [0.15, 0.2) is 54.6 Å². The van der Waals surface area contributed by atoms with Gasteiger partial charge in [0.05, 0.1) is 25.2 Å². The van der Waals surface area contributed by atoms with Crippen molar-refractivity contribution < 1.29 is 19.1 Å². The highest BCUT2D eigenvalue weighted by Gasteiger charge is 2.26. The Labute approximate surface area is 203 Å². The number of rotatable bonds is 7. The van der Waals surface area contributed by atoms with Crippen molar-refractivity contribution >= 4 is 16.6 Å². The molecule has 8 heteroatoms. The first-order valence-electron chi connectivity index (χ1n) is 11.4. The number of methoxy groups -OCH3 is 2. The maximum absolute atomic E-state index is 11.1. The number of nitro groups is 1. The summed E-state index contributed by atoms with van der Waals surface area (Å²) in [5.74, 6) is 2.15. The SMILES string of the molecule is COc1ccc2[nH]c3c(c2c1)CCN[C@@H]3c1ccc(OC)c(COc2ccc([N+](=O)[O-])c(C)c2)c1. The van der Waals surface area contributed by atoms with Gasteiger partial charge in [-0.3, -0.25) is 10.1 Å². The van der Waals surface area contributed by atoms with Crippen molar-refractivity contribution in [2.24, 2.45) is 0 Å². The van der Waals surface area contributed by atoms with E-state index in [9.17, 15) is 10.1 Å². The van der Waals surface area contributed by atoms with Crippen molar-refractivity contribution in [3.8, 4) is 17.2 Å². The molecule has 4 aromatic rings. The third kappa shape index (κ3) is 4.28. The molecule has 0 fully saturated rings. The molecule has 0 amide bonds. The van der Waals surface area contributed by atoms with Crippen molar-refractivity contribution in [1.82, 2.24) is 10.3 Å². The number of nitrogens with zero attached hydrogens (tertiary/aromatic N) is 1. The fourth-order valence-electron chi connectivity index (χ4n) is 4.79. The Morgan fingerprint density at radius 1 is 1.03 bits per heavy atom. The van der Waals surface area contributed by atoms with E-state index >= 15 is 0 Å². The van der Waals surface area contributed by atoms with E-state index in [-0.39, 0.29) is 18.3 Å². The molecule has 0 unspecified atom stereocenters. The van der Waals surface area contributed by atoms with Crippen LogP contribution in [-0.4, -0.2) is 30.7 Å². The van der Waals surface area contributed by atoms with Gasteiger partial charge in [-0.1, -0.05) is 6.07 Å². The second-order valence-electron chi connectivity index (χ2n) is 8.63. The lowest BCUT2D eigenvalue weighted by Gasteiger charge is -2.25. The molecule has 1 aliphatic rings. The minimum Gasteiger partial charge on any atom is -0.497 e. The number of nitro benzene ring substituents is 1. The average Bonchev–Trinajstić information content (AvgIpc) is 3.25. The molecule has 0 saturated heterocycles. The van der Waals surface area contributed by atoms with Gasteiger partial charge in [0.2, 0.25) is 0 Å². The third-order valence-corrected chi connectivity index (χ3v) is 6.56. The van der Waals surface area contributed by atoms with E-state index in [1.165, 1.54) is 17.0 Å². The molecule has 1 atom stereocenters. The Kier molecular flexibility index (Phi) is 6.05. The molecule has 0 bridgehead atoms. The number of aromatic amines is 1. The standard InChI is InChI=1S/C27H27N3O5/c1-16-12-20(6-8-24(16)30(31)32)35-15-18-13-17(4-9-25(18)34-3)26-27-21(10-11-28-26)22-14-19(33-2)5-7-23(22)29-27/h4-9,12-14,26,28-29H,10-11,15H2,1-3H3/t26-/m1/s1. The molecule has 1 aliphatic heterocycles. The molecule has 0 spiro atoms. The molecule has 1 aromatic heterocycles. The van der Waals surface area contributed by atoms with Crippen LogP contribution < -0.4 is 19.5 Å². The summed E-state index contributed by atoms with van der Waals surface area (Å²) in [5.41, 5.74) is 6.18. The van der Waals surface area contributed by atoms with Gasteiger partial charge in [0, 0.05) is 40.3 Å². The zero-order chi connectivity index (χ0) is 24.5. The summed E-state index contributed by atoms with van der Waals surface area (Å²) in [7, 11) is 3.32. The van der Waals surface area contributed by atoms with Gasteiger partial charge in [-0.15, -0.1) is 0 Å². The van der Waals surface area contributed by atoms with E-state index in [1.807, 2.05) is 12.1 Å². The van der Waals surface area contributed by atoms with Crippen LogP contribution in [0.1, 0.15) is 34.0 Å². The van der Waals surface area contributed by atoms with Gasteiger partial charge >= 0.3 is 0 Å². The highest BCUT2D eigenvalue weighted by Crippen LogP contribution is 2.36. The number of hydrogen-bond donors (Lipinski definition) is 2. The molecule has 0 aliphatic carbocycles. The van der Waals surface area contributed by atoms with E-state index in [1.54, 1.807) is 33.3 Å². The number of H-pyrrole nitrogens is 1. The summed E-state index contributed by atoms with van der Waals surface area (Å²) in [6.45, 7) is 2.84. The smallest absolute Gasteiger partial charge is 0.272 e. The van der Waals surface area contributed by atoms with Gasteiger partial charge in [-0.25, -0.2) is 0 Å². The topological polar surface area (TPSA) is 98.7 Å². The van der Waals surface area contributed by atoms with Gasteiger partial charge in [0.1, 0.15) is 23.9 Å². The van der Waals surface area contributed by atoms with E-state index in [4.69, 9.17) is 14.2 Å². The minimum atomic E-state index is -0.392. The fraction of sp³-hybridized carbons (Fsp3) is 0.259. The Hall–Kier alpha value is -4.04. The third-order valence-electron chi connectivity index (χ3n) is 6.56. The Morgan fingerprint density at radius 2 is 1.86 bits per heavy atom. The maximum Gasteiger partial charge on any atom is 0.272 e. The predicted molar refractivity (Wildman–Crippen MR) is 134 cm³/mol. The highest BCUT2D eigenvalue weighted by atomic mass is 16.6. The number of aryl methyl sites for hydroxylation is 1. The summed E-state index contributed by atoms with van der Waals surface area (Å²) in [4.78, 5) is 14.3. The predicted octanol–water partition coefficient (Wildman–Crippen LogP) is 5.22. The molecule has 35 heavy (non-hydrogen) atoms. The summed E-state index contributed by atoms with van der Waals surface area (Å²) >= 11 is 0. The lowest BCUT2D eigenvalue weighted by Crippen LogP contribution is -2.30. The molecule has 0 saturated carbocycles. The molecule has 8 nitrogen and oxygen atoms in total. The number of aromatic nitrogens is 1. The highest BCUT2D eigenvalue weighted by molar-refractivity contribution is 5.86. The fourth-order valence-corrected chi connectivity index (χ4v) is 4.79. The van der Waals surface area contributed by atoms with Crippen molar-refractivity contribution in [2.45, 2.75) is 26.0 Å². The largest absolute Gasteiger partial charge is 0.497 e. The zero-order valence-electron chi connectivity index (χ0n) is 19.9. The van der Waals surface area contributed by atoms with Gasteiger partial charge in [0.25, 0.3) is 5.69 Å². The first-order chi connectivity index (χ1) is 17.0. The van der Waals surface area contributed by atoms with Crippen LogP contribution in [0.3, 0.4) is 0 Å². The van der Waals surface area contributed by atoms with E-state index in [0.29, 0.717) is 11.3 Å². The maximum atomic E-state index is 11.1. The quantitative estimate of drug-likeness (QED) is 0.282. The summed E-state index contributed by atoms with van der Waals surface area (Å²) in [5, 5.41) is 15.9. The Morgan fingerprint density at radius 3 is 2.60 bits per heavy atom. The molecule has 0 radical (unpaired) electrons. The minimum absolute atomic E-state index is 0.00317. The molecule has 180 valence electrons. The first-order valence-corrected chi connectivity index (χ1v) is 11.4. The van der Waals surface area contributed by atoms with Crippen molar-refractivity contribution in [3.05, 3.63) is 92.7 Å². The number of benzene rings is 3. The van der Waals surface area contributed by atoms with E-state index in [0.717, 1.165) is 46.8 Å². The lowest BCUT2D eigenvalue weighted by molar-refractivity contribution is -0.385. The summed E-state index contributed by atoms with van der Waals surface area (Å²) in [6.07, 6.45) is 0.935. The van der Waals surface area contributed by atoms with E-state index in [2.05, 4.69) is 34.6 Å². The summed E-state index contributed by atoms with van der Waals surface area (Å²) < 4.78 is 17.0. The molecule has 5 rings (SSSR count). The van der Waals surface area contributed by atoms with Gasteiger partial charge < -0.3 is 24.5 Å². The Balaban J connectivity index is 1.45. The van der Waals surface area contributed by atoms with Gasteiger partial charge in [0.15, 0.2) is 0 Å². The zero-order valence-corrected chi connectivity index (χ0v) is 19.9. The number of hydrogen-bond acceptors (Lipinski definition) is 6. The van der Waals surface area contributed by atoms with Gasteiger partial charge in [-0.2, -0.15) is 0 Å². The van der Waals surface area contributed by atoms with Crippen molar-refractivity contribution in [2.75, 3.05) is 20.8 Å². The van der Waals surface area contributed by atoms with Crippen LogP contribution in [0.5, 0.6) is 17.2 Å². The van der Waals surface area contributed by atoms with Crippen LogP contribution in [0, 0.1) is 17.0 Å². The molecule has 3 aromatic carbocycles. The van der Waals surface area contributed by atoms with Crippen LogP contribution in [0.25, 0.3) is 10.9 Å². The first kappa shape index (κ1) is 22.7. The normalized spacial score (nSPS) is 15.0. The second-order valence-corrected chi connectivity index (χ2v) is 8.63. The summed E-state index contributed by atoms with van der Waals surface area (Å²) in [6, 6.07) is 17.0. The monoisotopic (exact) mass is 473 g/mol. The molecular weight excluding hydrogens is 446 g/mol. The molecule has 2 heterocycles. The number of ether oxygens (including phenoxy) is 3. The molecular formula is C27H27N3O5. The van der Waals surface area contributed by atoms with Crippen LogP contribution in [0.4, 0.5) is 5.69 Å². The van der Waals surface area contributed by atoms with Crippen LogP contribution in [-0.2, 0) is 13.0 Å². The number of fused-ring (bicyclic) bond motifs is 3. The van der Waals surface area contributed by atoms with Gasteiger partial charge in [-0.05, 0) is 66.9 Å². The van der Waals surface area contributed by atoms with Crippen LogP contribution in [0.2, 0.25) is 0 Å². The second kappa shape index (κ2) is 9.31. The number of nitrogens with one attached hydrogen (secondary N) is 2. The average molecular weight is 474 g/mol. The van der Waals surface area contributed by atoms with Crippen molar-refractivity contribution in [3.63, 3.8) is 0 Å². The van der Waals surface area contributed by atoms with E-state index < -0.39 is 4.92 Å². The van der Waals surface area contributed by atoms with Crippen LogP contribution >= 0.6 is 0 Å². The van der Waals surface area contributed by atoms with Crippen molar-refractivity contribution in [1.29, 1.82) is 0 Å².